The molecule has 2 fully saturated rings. The van der Waals surface area contributed by atoms with Gasteiger partial charge in [-0.15, -0.1) is 0 Å². The third kappa shape index (κ3) is 3.23. The summed E-state index contributed by atoms with van der Waals surface area (Å²) in [5.74, 6) is -2.15. The standard InChI is InChI=1S/C23H20ClN7O6/c1-8-7-31-16-12(5-23(18(31)9(2)36-8)20(33)28-22(35)29-21(23)34)27-15-14(30-37-17(15)13(16)24)10-3-4-11(19(25)32)26-6-10/h3-4,6,8-9,18H,5,7H2,1-2H3,(H2,25,32)(H2,28,29,33,34,35). The average Bonchev–Trinajstić information content (AvgIpc) is 3.26. The molecular weight excluding hydrogens is 506 g/mol. The van der Waals surface area contributed by atoms with Gasteiger partial charge in [0.1, 0.15) is 21.9 Å². The predicted octanol–water partition coefficient (Wildman–Crippen LogP) is 0.928. The van der Waals surface area contributed by atoms with Gasteiger partial charge in [-0.1, -0.05) is 16.8 Å². The molecule has 3 aliphatic heterocycles. The van der Waals surface area contributed by atoms with Gasteiger partial charge in [-0.2, -0.15) is 0 Å². The molecule has 0 aromatic carbocycles. The molecule has 3 aromatic rings. The SMILES string of the molecule is CC1CN2c3c(nc4c(-c5ccc(C(N)=O)nc5)noc4c3Cl)CC3(C(=O)NC(=O)NC3=O)C2C(C)O1. The second-order valence-electron chi connectivity index (χ2n) is 9.36. The van der Waals surface area contributed by atoms with E-state index in [1.807, 2.05) is 11.8 Å². The number of carbonyl (C=O) groups excluding carboxylic acids is 4. The van der Waals surface area contributed by atoms with Crippen LogP contribution in [0.2, 0.25) is 5.02 Å². The van der Waals surface area contributed by atoms with Crippen LogP contribution in [-0.4, -0.2) is 63.7 Å². The Morgan fingerprint density at radius 1 is 1.22 bits per heavy atom. The maximum Gasteiger partial charge on any atom is 0.328 e. The third-order valence-electron chi connectivity index (χ3n) is 7.07. The molecular formula is C23H20ClN7O6. The minimum Gasteiger partial charge on any atom is -0.372 e. The van der Waals surface area contributed by atoms with Crippen molar-refractivity contribution in [3.63, 3.8) is 0 Å². The van der Waals surface area contributed by atoms with E-state index < -0.39 is 41.3 Å². The maximum atomic E-state index is 13.3. The number of barbiturate groups is 1. The maximum absolute atomic E-state index is 13.3. The number of nitrogens with one attached hydrogen (secondary N) is 2. The van der Waals surface area contributed by atoms with Crippen molar-refractivity contribution in [2.75, 3.05) is 11.4 Å². The fraction of sp³-hybridized carbons (Fsp3) is 0.348. The molecule has 0 bridgehead atoms. The lowest BCUT2D eigenvalue weighted by atomic mass is 9.67. The number of anilines is 1. The Labute approximate surface area is 213 Å². The van der Waals surface area contributed by atoms with Crippen molar-refractivity contribution < 1.29 is 28.4 Å². The molecule has 6 heterocycles. The molecule has 5 amide bonds. The number of nitrogens with zero attached hydrogens (tertiary/aromatic N) is 4. The van der Waals surface area contributed by atoms with Crippen LogP contribution >= 0.6 is 11.6 Å². The van der Waals surface area contributed by atoms with E-state index in [1.165, 1.54) is 12.3 Å². The largest absolute Gasteiger partial charge is 0.372 e. The molecule has 2 saturated heterocycles. The molecule has 3 aromatic heterocycles. The van der Waals surface area contributed by atoms with E-state index >= 15 is 0 Å². The van der Waals surface area contributed by atoms with Gasteiger partial charge in [-0.3, -0.25) is 30.0 Å². The summed E-state index contributed by atoms with van der Waals surface area (Å²) in [5, 5.41) is 8.81. The summed E-state index contributed by atoms with van der Waals surface area (Å²) in [4.78, 5) is 60.6. The number of aromatic nitrogens is 3. The third-order valence-corrected chi connectivity index (χ3v) is 7.42. The van der Waals surface area contributed by atoms with Crippen LogP contribution in [0.15, 0.2) is 22.9 Å². The number of pyridine rings is 2. The Hall–Kier alpha value is -4.10. The first-order valence-corrected chi connectivity index (χ1v) is 11.8. The van der Waals surface area contributed by atoms with Gasteiger partial charge in [0.05, 0.1) is 29.6 Å². The first-order valence-electron chi connectivity index (χ1n) is 11.4. The van der Waals surface area contributed by atoms with Crippen LogP contribution < -0.4 is 21.3 Å². The average molecular weight is 526 g/mol. The van der Waals surface area contributed by atoms with Crippen LogP contribution in [0.25, 0.3) is 22.4 Å². The lowest BCUT2D eigenvalue weighted by Gasteiger charge is -2.55. The zero-order valence-electron chi connectivity index (χ0n) is 19.6. The summed E-state index contributed by atoms with van der Waals surface area (Å²) in [5.41, 5.74) is 5.81. The fourth-order valence-corrected chi connectivity index (χ4v) is 5.97. The summed E-state index contributed by atoms with van der Waals surface area (Å²) in [6.07, 6.45) is 0.449. The molecule has 14 heteroatoms. The molecule has 3 unspecified atom stereocenters. The first-order chi connectivity index (χ1) is 17.6. The molecule has 0 radical (unpaired) electrons. The molecule has 3 atom stereocenters. The molecule has 190 valence electrons. The van der Waals surface area contributed by atoms with E-state index in [-0.39, 0.29) is 34.3 Å². The fourth-order valence-electron chi connectivity index (χ4n) is 5.63. The van der Waals surface area contributed by atoms with Gasteiger partial charge in [0.2, 0.25) is 17.4 Å². The van der Waals surface area contributed by atoms with Gasteiger partial charge in [-0.25, -0.2) is 9.78 Å². The zero-order chi connectivity index (χ0) is 26.2. The molecule has 4 N–H and O–H groups in total. The second-order valence-corrected chi connectivity index (χ2v) is 9.74. The van der Waals surface area contributed by atoms with Crippen molar-refractivity contribution in [1.29, 1.82) is 0 Å². The zero-order valence-corrected chi connectivity index (χ0v) is 20.3. The van der Waals surface area contributed by atoms with E-state index in [0.29, 0.717) is 29.2 Å². The number of urea groups is 1. The molecule has 0 saturated carbocycles. The van der Waals surface area contributed by atoms with Crippen molar-refractivity contribution in [3.05, 3.63) is 34.7 Å². The minimum atomic E-state index is -1.70. The number of rotatable bonds is 2. The van der Waals surface area contributed by atoms with E-state index in [2.05, 4.69) is 20.8 Å². The number of hydrogen-bond donors (Lipinski definition) is 3. The highest BCUT2D eigenvalue weighted by atomic mass is 35.5. The van der Waals surface area contributed by atoms with Crippen molar-refractivity contribution in [2.24, 2.45) is 11.1 Å². The van der Waals surface area contributed by atoms with E-state index in [0.717, 1.165) is 0 Å². The number of fused-ring (bicyclic) bond motifs is 5. The van der Waals surface area contributed by atoms with E-state index in [4.69, 9.17) is 31.6 Å². The van der Waals surface area contributed by atoms with Crippen LogP contribution in [0.1, 0.15) is 30.0 Å². The van der Waals surface area contributed by atoms with Crippen molar-refractivity contribution in [2.45, 2.75) is 38.5 Å². The van der Waals surface area contributed by atoms with Gasteiger partial charge in [0.25, 0.3) is 5.91 Å². The lowest BCUT2D eigenvalue weighted by Crippen LogP contribution is -2.75. The molecule has 1 spiro atoms. The number of ether oxygens (including phenoxy) is 1. The summed E-state index contributed by atoms with van der Waals surface area (Å²) in [7, 11) is 0. The summed E-state index contributed by atoms with van der Waals surface area (Å²) in [6.45, 7) is 3.95. The molecule has 0 aliphatic carbocycles. The van der Waals surface area contributed by atoms with Crippen molar-refractivity contribution in [3.8, 4) is 11.3 Å². The first kappa shape index (κ1) is 23.3. The van der Waals surface area contributed by atoms with Gasteiger partial charge < -0.3 is 19.9 Å². The van der Waals surface area contributed by atoms with Gasteiger partial charge in [0, 0.05) is 24.7 Å². The Morgan fingerprint density at radius 2 is 1.95 bits per heavy atom. The molecule has 3 aliphatic rings. The normalized spacial score (nSPS) is 24.5. The number of hydrogen-bond acceptors (Lipinski definition) is 10. The highest BCUT2D eigenvalue weighted by Gasteiger charge is 2.63. The topological polar surface area (TPSA) is 183 Å². The quantitative estimate of drug-likeness (QED) is 0.407. The van der Waals surface area contributed by atoms with Crippen LogP contribution in [-0.2, 0) is 20.7 Å². The van der Waals surface area contributed by atoms with Crippen molar-refractivity contribution in [1.82, 2.24) is 25.8 Å². The number of primary amides is 1. The van der Waals surface area contributed by atoms with Crippen LogP contribution in [0.3, 0.4) is 0 Å². The van der Waals surface area contributed by atoms with Gasteiger partial charge >= 0.3 is 6.03 Å². The highest BCUT2D eigenvalue weighted by Crippen LogP contribution is 2.50. The number of morpholine rings is 1. The Bertz CT molecular complexity index is 1500. The smallest absolute Gasteiger partial charge is 0.328 e. The van der Waals surface area contributed by atoms with Crippen LogP contribution in [0, 0.1) is 5.41 Å². The van der Waals surface area contributed by atoms with Gasteiger partial charge in [-0.05, 0) is 26.0 Å². The number of imide groups is 2. The summed E-state index contributed by atoms with van der Waals surface area (Å²) in [6, 6.07) is 1.39. The summed E-state index contributed by atoms with van der Waals surface area (Å²) < 4.78 is 11.6. The number of carbonyl (C=O) groups is 4. The highest BCUT2D eigenvalue weighted by molar-refractivity contribution is 6.38. The predicted molar refractivity (Wildman–Crippen MR) is 128 cm³/mol. The number of nitrogens with two attached hydrogens (primary N) is 1. The second kappa shape index (κ2) is 7.95. The van der Waals surface area contributed by atoms with Gasteiger partial charge in [0.15, 0.2) is 5.41 Å². The number of halogens is 1. The molecule has 37 heavy (non-hydrogen) atoms. The molecule has 6 rings (SSSR count). The Balaban J connectivity index is 1.56. The van der Waals surface area contributed by atoms with Crippen molar-refractivity contribution >= 4 is 52.1 Å². The van der Waals surface area contributed by atoms with E-state index in [1.54, 1.807) is 13.0 Å². The summed E-state index contributed by atoms with van der Waals surface area (Å²) >= 11 is 6.88. The Morgan fingerprint density at radius 3 is 2.59 bits per heavy atom. The van der Waals surface area contributed by atoms with Crippen LogP contribution in [0.4, 0.5) is 10.5 Å². The van der Waals surface area contributed by atoms with Crippen LogP contribution in [0.5, 0.6) is 0 Å². The number of amides is 5. The van der Waals surface area contributed by atoms with E-state index in [9.17, 15) is 19.2 Å². The Kier molecular flexibility index (Phi) is 5.01. The molecule has 13 nitrogen and oxygen atoms in total. The lowest BCUT2D eigenvalue weighted by molar-refractivity contribution is -0.153. The monoisotopic (exact) mass is 525 g/mol. The minimum absolute atomic E-state index is 0.0762.